The average Bonchev–Trinajstić information content (AvgIpc) is 2.89. The van der Waals surface area contributed by atoms with Gasteiger partial charge in [0.2, 0.25) is 0 Å². The van der Waals surface area contributed by atoms with Crippen LogP contribution < -0.4 is 4.90 Å². The Hall–Kier alpha value is -2.93. The third kappa shape index (κ3) is 4.16. The molecule has 2 heterocycles. The molecule has 0 fully saturated rings. The second-order valence-corrected chi connectivity index (χ2v) is 8.75. The zero-order chi connectivity index (χ0) is 21.3. The summed E-state index contributed by atoms with van der Waals surface area (Å²) < 4.78 is 18.7. The van der Waals surface area contributed by atoms with E-state index in [-0.39, 0.29) is 23.9 Å². The summed E-state index contributed by atoms with van der Waals surface area (Å²) in [6.45, 7) is 4.01. The standard InChI is InChI=1S/C23H21FN2O3S/c1-14-9-10-26(20-5-3-4-6-21(20)30-14)22(27)13-29-23(28)18-11-16-7-8-17(24)12-19(16)25-15(18)2/h3-8,11-12,14H,9-10,13H2,1-2H3/t14-/m0/s1. The summed E-state index contributed by atoms with van der Waals surface area (Å²) in [4.78, 5) is 32.5. The Morgan fingerprint density at radius 2 is 2.03 bits per heavy atom. The lowest BCUT2D eigenvalue weighted by molar-refractivity contribution is -0.121. The Bertz CT molecular complexity index is 1130. The smallest absolute Gasteiger partial charge is 0.340 e. The first kappa shape index (κ1) is 20.3. The number of para-hydroxylation sites is 1. The number of amides is 1. The average molecular weight is 424 g/mol. The number of pyridine rings is 1. The molecule has 1 aliphatic heterocycles. The molecule has 3 aromatic rings. The zero-order valence-electron chi connectivity index (χ0n) is 16.7. The van der Waals surface area contributed by atoms with E-state index in [0.29, 0.717) is 28.4 Å². The molecular formula is C23H21FN2O3S. The number of nitrogens with zero attached hydrogens (tertiary/aromatic N) is 2. The first-order valence-corrected chi connectivity index (χ1v) is 10.6. The first-order chi connectivity index (χ1) is 14.4. The van der Waals surface area contributed by atoms with Crippen LogP contribution in [0.5, 0.6) is 0 Å². The summed E-state index contributed by atoms with van der Waals surface area (Å²) in [7, 11) is 0. The van der Waals surface area contributed by atoms with Gasteiger partial charge in [0.1, 0.15) is 5.82 Å². The number of carbonyl (C=O) groups excluding carboxylic acids is 2. The summed E-state index contributed by atoms with van der Waals surface area (Å²) in [5.74, 6) is -1.27. The minimum atomic E-state index is -0.620. The number of fused-ring (bicyclic) bond motifs is 2. The molecule has 0 aliphatic carbocycles. The van der Waals surface area contributed by atoms with Crippen LogP contribution in [0.4, 0.5) is 10.1 Å². The Balaban J connectivity index is 1.50. The number of halogens is 1. The van der Waals surface area contributed by atoms with Gasteiger partial charge in [0, 0.05) is 28.1 Å². The number of anilines is 1. The van der Waals surface area contributed by atoms with Gasteiger partial charge in [-0.3, -0.25) is 9.78 Å². The van der Waals surface area contributed by atoms with Gasteiger partial charge in [-0.2, -0.15) is 0 Å². The van der Waals surface area contributed by atoms with Crippen molar-refractivity contribution in [2.75, 3.05) is 18.1 Å². The second kappa shape index (κ2) is 8.44. The van der Waals surface area contributed by atoms with Gasteiger partial charge in [0.15, 0.2) is 6.61 Å². The fraction of sp³-hybridized carbons (Fsp3) is 0.261. The highest BCUT2D eigenvalue weighted by Gasteiger charge is 2.25. The largest absolute Gasteiger partial charge is 0.452 e. The van der Waals surface area contributed by atoms with Crippen molar-refractivity contribution in [3.8, 4) is 0 Å². The number of ether oxygens (including phenoxy) is 1. The van der Waals surface area contributed by atoms with Crippen LogP contribution in [0, 0.1) is 12.7 Å². The normalized spacial score (nSPS) is 16.1. The molecule has 0 unspecified atom stereocenters. The number of aromatic nitrogens is 1. The highest BCUT2D eigenvalue weighted by atomic mass is 32.2. The van der Waals surface area contributed by atoms with E-state index in [2.05, 4.69) is 11.9 Å². The van der Waals surface area contributed by atoms with Gasteiger partial charge >= 0.3 is 5.97 Å². The van der Waals surface area contributed by atoms with Crippen molar-refractivity contribution in [2.24, 2.45) is 0 Å². The first-order valence-electron chi connectivity index (χ1n) is 9.72. The number of carbonyl (C=O) groups is 2. The number of esters is 1. The number of benzene rings is 2. The Kier molecular flexibility index (Phi) is 5.72. The Morgan fingerprint density at radius 1 is 1.23 bits per heavy atom. The van der Waals surface area contributed by atoms with Gasteiger partial charge in [-0.15, -0.1) is 11.8 Å². The fourth-order valence-electron chi connectivity index (χ4n) is 3.47. The summed E-state index contributed by atoms with van der Waals surface area (Å²) in [6.07, 6.45) is 0.850. The summed E-state index contributed by atoms with van der Waals surface area (Å²) in [5, 5.41) is 1.02. The summed E-state index contributed by atoms with van der Waals surface area (Å²) in [5.41, 5.74) is 2.00. The zero-order valence-corrected chi connectivity index (χ0v) is 17.5. The number of hydrogen-bond donors (Lipinski definition) is 0. The number of thioether (sulfide) groups is 1. The van der Waals surface area contributed by atoms with Crippen LogP contribution in [0.1, 0.15) is 29.4 Å². The molecule has 2 aromatic carbocycles. The van der Waals surface area contributed by atoms with Crippen LogP contribution >= 0.6 is 11.8 Å². The van der Waals surface area contributed by atoms with Crippen molar-refractivity contribution in [2.45, 2.75) is 30.4 Å². The molecule has 0 N–H and O–H groups in total. The van der Waals surface area contributed by atoms with Crippen molar-refractivity contribution >= 4 is 40.2 Å². The predicted octanol–water partition coefficient (Wildman–Crippen LogP) is 4.76. The number of aryl methyl sites for hydroxylation is 1. The van der Waals surface area contributed by atoms with Crippen LogP contribution in [0.2, 0.25) is 0 Å². The Morgan fingerprint density at radius 3 is 2.87 bits per heavy atom. The lowest BCUT2D eigenvalue weighted by Gasteiger charge is -2.22. The summed E-state index contributed by atoms with van der Waals surface area (Å²) >= 11 is 1.74. The monoisotopic (exact) mass is 424 g/mol. The third-order valence-corrected chi connectivity index (χ3v) is 6.30. The quantitative estimate of drug-likeness (QED) is 0.568. The lowest BCUT2D eigenvalue weighted by Crippen LogP contribution is -2.35. The van der Waals surface area contributed by atoms with Crippen LogP contribution in [0.25, 0.3) is 10.9 Å². The maximum Gasteiger partial charge on any atom is 0.340 e. The fourth-order valence-corrected chi connectivity index (χ4v) is 4.58. The van der Waals surface area contributed by atoms with E-state index in [9.17, 15) is 14.0 Å². The molecule has 154 valence electrons. The lowest BCUT2D eigenvalue weighted by atomic mass is 10.1. The molecule has 0 saturated heterocycles. The van der Waals surface area contributed by atoms with Gasteiger partial charge in [-0.25, -0.2) is 9.18 Å². The van der Waals surface area contributed by atoms with Gasteiger partial charge in [0.05, 0.1) is 22.5 Å². The van der Waals surface area contributed by atoms with Crippen molar-refractivity contribution in [1.82, 2.24) is 4.98 Å². The van der Waals surface area contributed by atoms with Crippen molar-refractivity contribution in [3.05, 3.63) is 65.6 Å². The van der Waals surface area contributed by atoms with E-state index in [4.69, 9.17) is 4.74 Å². The van der Waals surface area contributed by atoms with E-state index in [1.54, 1.807) is 35.7 Å². The molecule has 5 nitrogen and oxygen atoms in total. The SMILES string of the molecule is Cc1nc2cc(F)ccc2cc1C(=O)OCC(=O)N1CC[C@H](C)Sc2ccccc21. The minimum Gasteiger partial charge on any atom is -0.452 e. The van der Waals surface area contributed by atoms with Crippen LogP contribution in [0.3, 0.4) is 0 Å². The van der Waals surface area contributed by atoms with E-state index in [1.807, 2.05) is 24.3 Å². The molecular weight excluding hydrogens is 403 g/mol. The molecule has 30 heavy (non-hydrogen) atoms. The number of hydrogen-bond acceptors (Lipinski definition) is 5. The maximum absolute atomic E-state index is 13.4. The van der Waals surface area contributed by atoms with Crippen LogP contribution in [-0.4, -0.2) is 35.3 Å². The molecule has 0 spiro atoms. The summed E-state index contributed by atoms with van der Waals surface area (Å²) in [6, 6.07) is 13.6. The van der Waals surface area contributed by atoms with Crippen molar-refractivity contribution < 1.29 is 18.7 Å². The van der Waals surface area contributed by atoms with Gasteiger partial charge in [-0.05, 0) is 43.7 Å². The molecule has 1 aliphatic rings. The molecule has 1 aromatic heterocycles. The molecule has 0 bridgehead atoms. The topological polar surface area (TPSA) is 59.5 Å². The van der Waals surface area contributed by atoms with Gasteiger partial charge in [-0.1, -0.05) is 19.1 Å². The molecule has 7 heteroatoms. The van der Waals surface area contributed by atoms with Crippen molar-refractivity contribution in [1.29, 1.82) is 0 Å². The second-order valence-electron chi connectivity index (χ2n) is 7.26. The molecule has 1 atom stereocenters. The van der Waals surface area contributed by atoms with Gasteiger partial charge in [0.25, 0.3) is 5.91 Å². The molecule has 1 amide bonds. The van der Waals surface area contributed by atoms with E-state index >= 15 is 0 Å². The molecule has 4 rings (SSSR count). The highest BCUT2D eigenvalue weighted by molar-refractivity contribution is 8.00. The number of rotatable bonds is 3. The third-order valence-electron chi connectivity index (χ3n) is 5.06. The highest BCUT2D eigenvalue weighted by Crippen LogP contribution is 2.37. The minimum absolute atomic E-state index is 0.265. The van der Waals surface area contributed by atoms with Crippen LogP contribution in [0.15, 0.2) is 53.4 Å². The van der Waals surface area contributed by atoms with Gasteiger partial charge < -0.3 is 9.64 Å². The van der Waals surface area contributed by atoms with E-state index in [1.165, 1.54) is 12.1 Å². The van der Waals surface area contributed by atoms with Crippen LogP contribution in [-0.2, 0) is 9.53 Å². The molecule has 0 saturated carbocycles. The Labute approximate surface area is 178 Å². The predicted molar refractivity (Wildman–Crippen MR) is 115 cm³/mol. The van der Waals surface area contributed by atoms with Crippen molar-refractivity contribution in [3.63, 3.8) is 0 Å². The maximum atomic E-state index is 13.4. The van der Waals surface area contributed by atoms with E-state index < -0.39 is 5.97 Å². The molecule has 0 radical (unpaired) electrons. The van der Waals surface area contributed by atoms with E-state index in [0.717, 1.165) is 17.0 Å².